The molecule has 242 valence electrons. The number of rotatable bonds is 9. The number of benzene rings is 5. The highest BCUT2D eigenvalue weighted by Crippen LogP contribution is 2.33. The maximum atomic E-state index is 13.5. The maximum absolute atomic E-state index is 13.5. The van der Waals surface area contributed by atoms with Crippen LogP contribution in [0.2, 0.25) is 0 Å². The van der Waals surface area contributed by atoms with Gasteiger partial charge in [0.1, 0.15) is 5.70 Å². The lowest BCUT2D eigenvalue weighted by Gasteiger charge is -2.21. The van der Waals surface area contributed by atoms with Crippen molar-refractivity contribution in [3.05, 3.63) is 165 Å². The summed E-state index contributed by atoms with van der Waals surface area (Å²) in [7, 11) is 0. The first-order valence-corrected chi connectivity index (χ1v) is 16.9. The Kier molecular flexibility index (Phi) is 9.98. The number of carbonyl (C=O) groups is 5. The highest BCUT2D eigenvalue weighted by atomic mass is 79.9. The Morgan fingerprint density at radius 2 is 1.39 bits per heavy atom. The van der Waals surface area contributed by atoms with Crippen molar-refractivity contribution < 1.29 is 24.0 Å². The monoisotopic (exact) mass is 729 g/mol. The minimum absolute atomic E-state index is 0.0413. The van der Waals surface area contributed by atoms with E-state index in [4.69, 9.17) is 0 Å². The predicted octanol–water partition coefficient (Wildman–Crippen LogP) is 7.75. The fraction of sp³-hybridized carbons (Fsp3) is 0.0513. The van der Waals surface area contributed by atoms with E-state index >= 15 is 0 Å². The van der Waals surface area contributed by atoms with Gasteiger partial charge in [0, 0.05) is 37.3 Å². The zero-order chi connectivity index (χ0) is 34.5. The molecule has 0 bridgehead atoms. The molecule has 0 saturated carbocycles. The summed E-state index contributed by atoms with van der Waals surface area (Å²) in [5.41, 5.74) is 2.93. The standard InChI is InChI=1S/C39H28BrN3O5S/c1-23(37(46)42-32-19-9-18-31-34(32)36(45)30-17-6-5-16-29(30)35(31)44)49-28-15-8-14-27(22-28)41-39(48)33(21-24-10-7-13-26(40)20-24)43-38(47)25-11-3-2-4-12-25/h2-23H,1H3,(H,41,48)(H,42,46)(H,43,47)/b33-21+. The minimum atomic E-state index is -0.611. The molecule has 0 saturated heterocycles. The van der Waals surface area contributed by atoms with Crippen LogP contribution in [0, 0.1) is 0 Å². The van der Waals surface area contributed by atoms with Crippen LogP contribution in [0.5, 0.6) is 0 Å². The van der Waals surface area contributed by atoms with Gasteiger partial charge in [-0.05, 0) is 67.1 Å². The lowest BCUT2D eigenvalue weighted by Crippen LogP contribution is -2.30. The average molecular weight is 731 g/mol. The van der Waals surface area contributed by atoms with E-state index in [1.54, 1.807) is 104 Å². The van der Waals surface area contributed by atoms with Crippen LogP contribution < -0.4 is 16.0 Å². The summed E-state index contributed by atoms with van der Waals surface area (Å²) in [5.74, 6) is -1.92. The molecule has 0 heterocycles. The molecule has 49 heavy (non-hydrogen) atoms. The second kappa shape index (κ2) is 14.7. The fourth-order valence-corrected chi connectivity index (χ4v) is 6.64. The Morgan fingerprint density at radius 3 is 2.14 bits per heavy atom. The molecule has 0 aliphatic heterocycles. The zero-order valence-electron chi connectivity index (χ0n) is 26.0. The number of nitrogens with one attached hydrogen (secondary N) is 3. The van der Waals surface area contributed by atoms with Crippen molar-refractivity contribution in [1.82, 2.24) is 5.32 Å². The van der Waals surface area contributed by atoms with Crippen LogP contribution >= 0.6 is 27.7 Å². The molecule has 0 spiro atoms. The predicted molar refractivity (Wildman–Crippen MR) is 195 cm³/mol. The number of halogens is 1. The third-order valence-electron chi connectivity index (χ3n) is 7.67. The molecule has 1 unspecified atom stereocenters. The summed E-state index contributed by atoms with van der Waals surface area (Å²) in [5, 5.41) is 7.81. The van der Waals surface area contributed by atoms with Crippen LogP contribution in [0.15, 0.2) is 136 Å². The Bertz CT molecular complexity index is 2170. The van der Waals surface area contributed by atoms with Gasteiger partial charge in [0.2, 0.25) is 5.91 Å². The first-order chi connectivity index (χ1) is 23.7. The summed E-state index contributed by atoms with van der Waals surface area (Å²) in [6.07, 6.45) is 1.59. The Hall–Kier alpha value is -5.58. The summed E-state index contributed by atoms with van der Waals surface area (Å²) in [4.78, 5) is 67.1. The van der Waals surface area contributed by atoms with Crippen molar-refractivity contribution in [3.8, 4) is 0 Å². The Balaban J connectivity index is 1.16. The molecule has 8 nitrogen and oxygen atoms in total. The molecular weight excluding hydrogens is 702 g/mol. The normalized spacial score (nSPS) is 12.7. The van der Waals surface area contributed by atoms with Gasteiger partial charge < -0.3 is 16.0 Å². The van der Waals surface area contributed by atoms with Gasteiger partial charge >= 0.3 is 0 Å². The largest absolute Gasteiger partial charge is 0.324 e. The topological polar surface area (TPSA) is 121 Å². The SMILES string of the molecule is CC(Sc1cccc(NC(=O)/C(=C\c2cccc(Br)c2)NC(=O)c2ccccc2)c1)C(=O)Nc1cccc2c1C(=O)c1ccccc1C2=O. The van der Waals surface area contributed by atoms with Crippen LogP contribution in [-0.4, -0.2) is 34.5 Å². The molecule has 6 rings (SSSR count). The van der Waals surface area contributed by atoms with Crippen molar-refractivity contribution in [2.45, 2.75) is 17.1 Å². The first-order valence-electron chi connectivity index (χ1n) is 15.2. The molecule has 0 fully saturated rings. The molecule has 10 heteroatoms. The van der Waals surface area contributed by atoms with Crippen molar-refractivity contribution in [2.75, 3.05) is 10.6 Å². The number of hydrogen-bond acceptors (Lipinski definition) is 6. The molecule has 3 amide bonds. The van der Waals surface area contributed by atoms with E-state index in [-0.39, 0.29) is 40.0 Å². The van der Waals surface area contributed by atoms with E-state index in [1.807, 2.05) is 30.3 Å². The van der Waals surface area contributed by atoms with Crippen molar-refractivity contribution in [2.24, 2.45) is 0 Å². The second-order valence-corrected chi connectivity index (χ2v) is 13.4. The molecule has 5 aromatic rings. The Labute approximate surface area is 295 Å². The number of hydrogen-bond donors (Lipinski definition) is 3. The first kappa shape index (κ1) is 33.3. The molecule has 1 aliphatic carbocycles. The molecule has 0 aromatic heterocycles. The van der Waals surface area contributed by atoms with E-state index < -0.39 is 17.1 Å². The highest BCUT2D eigenvalue weighted by Gasteiger charge is 2.32. The average Bonchev–Trinajstić information content (AvgIpc) is 3.10. The third-order valence-corrected chi connectivity index (χ3v) is 9.26. The number of anilines is 2. The Morgan fingerprint density at radius 1 is 0.714 bits per heavy atom. The van der Waals surface area contributed by atoms with Gasteiger partial charge in [0.05, 0.1) is 16.5 Å². The zero-order valence-corrected chi connectivity index (χ0v) is 28.4. The molecular formula is C39H28BrN3O5S. The third kappa shape index (κ3) is 7.61. The minimum Gasteiger partial charge on any atom is -0.324 e. The lowest BCUT2D eigenvalue weighted by atomic mass is 9.83. The van der Waals surface area contributed by atoms with E-state index in [1.165, 1.54) is 11.8 Å². The van der Waals surface area contributed by atoms with Crippen LogP contribution in [-0.2, 0) is 9.59 Å². The van der Waals surface area contributed by atoms with Crippen LogP contribution in [0.25, 0.3) is 6.08 Å². The van der Waals surface area contributed by atoms with Gasteiger partial charge in [-0.25, -0.2) is 0 Å². The van der Waals surface area contributed by atoms with E-state index in [9.17, 15) is 24.0 Å². The van der Waals surface area contributed by atoms with Crippen molar-refractivity contribution in [3.63, 3.8) is 0 Å². The van der Waals surface area contributed by atoms with Crippen molar-refractivity contribution in [1.29, 1.82) is 0 Å². The molecule has 5 aromatic carbocycles. The van der Waals surface area contributed by atoms with Crippen molar-refractivity contribution >= 4 is 74.4 Å². The van der Waals surface area contributed by atoms with E-state index in [0.717, 1.165) is 4.47 Å². The van der Waals surface area contributed by atoms with Gasteiger partial charge in [-0.3, -0.25) is 24.0 Å². The highest BCUT2D eigenvalue weighted by molar-refractivity contribution is 9.10. The fourth-order valence-electron chi connectivity index (χ4n) is 5.29. The summed E-state index contributed by atoms with van der Waals surface area (Å²) in [6.45, 7) is 1.72. The van der Waals surface area contributed by atoms with Gasteiger partial charge in [-0.2, -0.15) is 0 Å². The van der Waals surface area contributed by atoms with Crippen LogP contribution in [0.3, 0.4) is 0 Å². The molecule has 0 radical (unpaired) electrons. The quantitative estimate of drug-likeness (QED) is 0.103. The van der Waals surface area contributed by atoms with Crippen LogP contribution in [0.1, 0.15) is 54.7 Å². The second-order valence-electron chi connectivity index (χ2n) is 11.1. The van der Waals surface area contributed by atoms with E-state index in [2.05, 4.69) is 31.9 Å². The van der Waals surface area contributed by atoms with Gasteiger partial charge in [0.25, 0.3) is 11.8 Å². The van der Waals surface area contributed by atoms with Gasteiger partial charge in [-0.1, -0.05) is 88.7 Å². The molecule has 3 N–H and O–H groups in total. The molecule has 1 aliphatic rings. The lowest BCUT2D eigenvalue weighted by molar-refractivity contribution is -0.115. The van der Waals surface area contributed by atoms with Crippen LogP contribution in [0.4, 0.5) is 11.4 Å². The van der Waals surface area contributed by atoms with E-state index in [0.29, 0.717) is 32.8 Å². The summed E-state index contributed by atoms with van der Waals surface area (Å²) in [6, 6.07) is 34.4. The summed E-state index contributed by atoms with van der Waals surface area (Å²) < 4.78 is 0.816. The van der Waals surface area contributed by atoms with Gasteiger partial charge in [-0.15, -0.1) is 11.8 Å². The smallest absolute Gasteiger partial charge is 0.272 e. The number of carbonyl (C=O) groups excluding carboxylic acids is 5. The number of fused-ring (bicyclic) bond motifs is 2. The molecule has 1 atom stereocenters. The summed E-state index contributed by atoms with van der Waals surface area (Å²) >= 11 is 4.69. The van der Waals surface area contributed by atoms with Gasteiger partial charge in [0.15, 0.2) is 11.6 Å². The number of ketones is 2. The number of amides is 3. The number of thioether (sulfide) groups is 1. The maximum Gasteiger partial charge on any atom is 0.272 e.